The maximum absolute atomic E-state index is 13.7. The van der Waals surface area contributed by atoms with Gasteiger partial charge in [0.05, 0.1) is 17.4 Å². The first kappa shape index (κ1) is 19.9. The maximum atomic E-state index is 13.7. The Morgan fingerprint density at radius 1 is 1.19 bits per heavy atom. The molecule has 1 N–H and O–H groups in total. The molecule has 0 aliphatic carbocycles. The summed E-state index contributed by atoms with van der Waals surface area (Å²) in [7, 11) is 0. The van der Waals surface area contributed by atoms with Gasteiger partial charge >= 0.3 is 6.18 Å². The number of aromatic nitrogens is 2. The van der Waals surface area contributed by atoms with Crippen LogP contribution in [0.2, 0.25) is 0 Å². The van der Waals surface area contributed by atoms with E-state index in [2.05, 4.69) is 26.2 Å². The van der Waals surface area contributed by atoms with Crippen LogP contribution in [0.25, 0.3) is 5.65 Å². The number of pyridine rings is 1. The lowest BCUT2D eigenvalue weighted by molar-refractivity contribution is -0.137. The molecule has 26 heavy (non-hydrogen) atoms. The number of carbonyl (C=O) groups excluding carboxylic acids is 1. The van der Waals surface area contributed by atoms with Crippen LogP contribution in [-0.4, -0.2) is 15.3 Å². The fraction of sp³-hybridized carbons (Fsp3) is 0.176. The summed E-state index contributed by atoms with van der Waals surface area (Å²) >= 11 is 3.26. The molecule has 0 atom stereocenters. The van der Waals surface area contributed by atoms with Gasteiger partial charge in [-0.2, -0.15) is 13.2 Å². The van der Waals surface area contributed by atoms with Crippen molar-refractivity contribution in [2.75, 3.05) is 5.32 Å². The third kappa shape index (κ3) is 4.21. The summed E-state index contributed by atoms with van der Waals surface area (Å²) in [5.74, 6) is -1.74. The van der Waals surface area contributed by atoms with Gasteiger partial charge in [0.15, 0.2) is 0 Å². The first-order valence-electron chi connectivity index (χ1n) is 7.56. The molecule has 0 spiro atoms. The number of benzene rings is 1. The second kappa shape index (κ2) is 7.86. The largest absolute Gasteiger partial charge is 0.416 e. The van der Waals surface area contributed by atoms with Gasteiger partial charge in [0.25, 0.3) is 5.91 Å². The molecule has 2 heterocycles. The Morgan fingerprint density at radius 3 is 2.54 bits per heavy atom. The van der Waals surface area contributed by atoms with Crippen LogP contribution in [0.5, 0.6) is 0 Å². The lowest BCUT2D eigenvalue weighted by atomic mass is 10.2. The number of hydrogen-bond acceptors (Lipinski definition) is 2. The van der Waals surface area contributed by atoms with Crippen LogP contribution in [0, 0.1) is 5.82 Å². The maximum Gasteiger partial charge on any atom is 0.416 e. The van der Waals surface area contributed by atoms with E-state index in [-0.39, 0.29) is 5.69 Å². The monoisotopic (exact) mass is 431 g/mol. The van der Waals surface area contributed by atoms with Gasteiger partial charge in [-0.15, -0.1) is 0 Å². The smallest absolute Gasteiger partial charge is 0.318 e. The summed E-state index contributed by atoms with van der Waals surface area (Å²) < 4.78 is 54.0. The van der Waals surface area contributed by atoms with Crippen molar-refractivity contribution in [3.8, 4) is 0 Å². The average Bonchev–Trinajstić information content (AvgIpc) is 3.00. The molecule has 138 valence electrons. The minimum atomic E-state index is -4.64. The number of nitrogens with zero attached hydrogens (tertiary/aromatic N) is 2. The van der Waals surface area contributed by atoms with Crippen molar-refractivity contribution in [3.05, 3.63) is 64.3 Å². The van der Waals surface area contributed by atoms with Crippen LogP contribution < -0.4 is 5.32 Å². The van der Waals surface area contributed by atoms with E-state index in [0.717, 1.165) is 4.47 Å². The fourth-order valence-corrected chi connectivity index (χ4v) is 2.43. The summed E-state index contributed by atoms with van der Waals surface area (Å²) in [6.45, 7) is 4.00. The standard InChI is InChI=1S/C15H8BrF4N3O.C2H6/c16-9-3-4-23-12(7-21-13(23)6-9)14(24)22-11-5-8(15(18,19)20)1-2-10(11)17;1-2/h1-7H,(H,22,24);1-2H3. The van der Waals surface area contributed by atoms with Gasteiger partial charge in [0, 0.05) is 10.7 Å². The number of fused-ring (bicyclic) bond motifs is 1. The van der Waals surface area contributed by atoms with Gasteiger partial charge in [0.2, 0.25) is 0 Å². The van der Waals surface area contributed by atoms with Crippen molar-refractivity contribution < 1.29 is 22.4 Å². The van der Waals surface area contributed by atoms with Crippen molar-refractivity contribution in [2.45, 2.75) is 20.0 Å². The molecule has 0 saturated heterocycles. The molecule has 0 fully saturated rings. The molecule has 0 bridgehead atoms. The Labute approximate surface area is 155 Å². The summed E-state index contributed by atoms with van der Waals surface area (Å²) in [6, 6.07) is 5.13. The van der Waals surface area contributed by atoms with Crippen molar-refractivity contribution in [1.82, 2.24) is 9.38 Å². The summed E-state index contributed by atoms with van der Waals surface area (Å²) in [5, 5.41) is 2.15. The average molecular weight is 432 g/mol. The Hall–Kier alpha value is -2.42. The van der Waals surface area contributed by atoms with E-state index in [9.17, 15) is 22.4 Å². The number of carbonyl (C=O) groups is 1. The molecule has 9 heteroatoms. The summed E-state index contributed by atoms with van der Waals surface area (Å²) in [5.41, 5.74) is -1.09. The molecular formula is C17H14BrF4N3O. The lowest BCUT2D eigenvalue weighted by Crippen LogP contribution is -2.16. The van der Waals surface area contributed by atoms with E-state index in [0.29, 0.717) is 23.8 Å². The van der Waals surface area contributed by atoms with Crippen LogP contribution in [0.1, 0.15) is 29.9 Å². The van der Waals surface area contributed by atoms with Gasteiger partial charge in [-0.3, -0.25) is 9.20 Å². The molecule has 4 nitrogen and oxygen atoms in total. The van der Waals surface area contributed by atoms with Crippen molar-refractivity contribution in [1.29, 1.82) is 0 Å². The number of alkyl halides is 3. The molecule has 0 radical (unpaired) electrons. The number of amides is 1. The molecule has 1 amide bonds. The number of halogens is 5. The zero-order valence-corrected chi connectivity index (χ0v) is 15.3. The normalized spacial score (nSPS) is 11.0. The van der Waals surface area contributed by atoms with Crippen LogP contribution in [0.3, 0.4) is 0 Å². The zero-order valence-electron chi connectivity index (χ0n) is 13.7. The fourth-order valence-electron chi connectivity index (χ4n) is 2.11. The van der Waals surface area contributed by atoms with E-state index in [1.54, 1.807) is 18.3 Å². The first-order valence-corrected chi connectivity index (χ1v) is 8.36. The van der Waals surface area contributed by atoms with Crippen LogP contribution in [0.4, 0.5) is 23.2 Å². The predicted octanol–water partition coefficient (Wildman–Crippen LogP) is 5.53. The van der Waals surface area contributed by atoms with Crippen molar-refractivity contribution >= 4 is 33.2 Å². The number of nitrogens with one attached hydrogen (secondary N) is 1. The van der Waals surface area contributed by atoms with Crippen molar-refractivity contribution in [3.63, 3.8) is 0 Å². The van der Waals surface area contributed by atoms with Gasteiger partial charge in [-0.1, -0.05) is 29.8 Å². The second-order valence-corrected chi connectivity index (χ2v) is 5.78. The van der Waals surface area contributed by atoms with Gasteiger partial charge in [0.1, 0.15) is 17.2 Å². The SMILES string of the molecule is CC.O=C(Nc1cc(C(F)(F)F)ccc1F)c1cnc2cc(Br)ccn12. The van der Waals surface area contributed by atoms with Crippen LogP contribution in [-0.2, 0) is 6.18 Å². The second-order valence-electron chi connectivity index (χ2n) is 4.86. The molecule has 0 saturated carbocycles. The van der Waals surface area contributed by atoms with Gasteiger partial charge in [-0.25, -0.2) is 9.37 Å². The molecule has 1 aromatic carbocycles. The molecule has 2 aromatic heterocycles. The quantitative estimate of drug-likeness (QED) is 0.542. The molecule has 3 aromatic rings. The molecule has 3 rings (SSSR count). The first-order chi connectivity index (χ1) is 12.3. The zero-order chi connectivity index (χ0) is 19.5. The Kier molecular flexibility index (Phi) is 6.01. The number of hydrogen-bond donors (Lipinski definition) is 1. The van der Waals surface area contributed by atoms with E-state index in [4.69, 9.17) is 0 Å². The van der Waals surface area contributed by atoms with Crippen LogP contribution >= 0.6 is 15.9 Å². The van der Waals surface area contributed by atoms with E-state index >= 15 is 0 Å². The predicted molar refractivity (Wildman–Crippen MR) is 93.6 cm³/mol. The Balaban J connectivity index is 0.00000117. The van der Waals surface area contributed by atoms with Gasteiger partial charge < -0.3 is 5.32 Å². The van der Waals surface area contributed by atoms with E-state index in [1.807, 2.05) is 13.8 Å². The molecular weight excluding hydrogens is 418 g/mol. The molecule has 0 aliphatic rings. The lowest BCUT2D eigenvalue weighted by Gasteiger charge is -2.11. The number of imidazole rings is 1. The number of anilines is 1. The summed E-state index contributed by atoms with van der Waals surface area (Å²) in [4.78, 5) is 16.3. The highest BCUT2D eigenvalue weighted by Crippen LogP contribution is 2.32. The highest BCUT2D eigenvalue weighted by Gasteiger charge is 2.31. The van der Waals surface area contributed by atoms with Gasteiger partial charge in [-0.05, 0) is 30.3 Å². The topological polar surface area (TPSA) is 46.4 Å². The molecule has 0 aliphatic heterocycles. The number of rotatable bonds is 2. The van der Waals surface area contributed by atoms with E-state index < -0.39 is 29.2 Å². The highest BCUT2D eigenvalue weighted by atomic mass is 79.9. The van der Waals surface area contributed by atoms with Crippen molar-refractivity contribution in [2.24, 2.45) is 0 Å². The third-order valence-corrected chi connectivity index (χ3v) is 3.74. The summed E-state index contributed by atoms with van der Waals surface area (Å²) in [6.07, 6.45) is -1.82. The minimum Gasteiger partial charge on any atom is -0.318 e. The highest BCUT2D eigenvalue weighted by molar-refractivity contribution is 9.10. The third-order valence-electron chi connectivity index (χ3n) is 3.25. The Morgan fingerprint density at radius 2 is 1.88 bits per heavy atom. The molecule has 0 unspecified atom stereocenters. The minimum absolute atomic E-state index is 0.0642. The van der Waals surface area contributed by atoms with Crippen LogP contribution in [0.15, 0.2) is 47.2 Å². The Bertz CT molecular complexity index is 937. The van der Waals surface area contributed by atoms with E-state index in [1.165, 1.54) is 10.6 Å².